The number of aromatic hydroxyl groups is 2. The van der Waals surface area contributed by atoms with E-state index < -0.39 is 5.43 Å². The average molecular weight is 284 g/mol. The summed E-state index contributed by atoms with van der Waals surface area (Å²) < 4.78 is 5.45. The van der Waals surface area contributed by atoms with Crippen molar-refractivity contribution < 1.29 is 24.2 Å². The highest BCUT2D eigenvalue weighted by Gasteiger charge is 2.17. The van der Waals surface area contributed by atoms with Crippen molar-refractivity contribution in [2.75, 3.05) is 0 Å². The van der Waals surface area contributed by atoms with E-state index in [4.69, 9.17) is 4.42 Å². The summed E-state index contributed by atoms with van der Waals surface area (Å²) >= 11 is 0. The van der Waals surface area contributed by atoms with Crippen LogP contribution in [0.1, 0.15) is 20.7 Å². The van der Waals surface area contributed by atoms with Crippen molar-refractivity contribution >= 4 is 34.5 Å². The largest absolute Gasteiger partial charge is 0.507 e. The number of fused-ring (bicyclic) bond motifs is 2. The Morgan fingerprint density at radius 3 is 1.62 bits per heavy atom. The zero-order chi connectivity index (χ0) is 15.1. The van der Waals surface area contributed by atoms with E-state index in [1.54, 1.807) is 0 Å². The van der Waals surface area contributed by atoms with Gasteiger partial charge in [0.1, 0.15) is 11.5 Å². The molecule has 1 aromatic heterocycles. The van der Waals surface area contributed by atoms with Gasteiger partial charge in [-0.15, -0.1) is 0 Å². The normalized spacial score (nSPS) is 10.9. The molecule has 0 fully saturated rings. The molecule has 0 saturated carbocycles. The molecule has 0 atom stereocenters. The number of hydrogen-bond acceptors (Lipinski definition) is 6. The van der Waals surface area contributed by atoms with Gasteiger partial charge in [0.2, 0.25) is 5.43 Å². The summed E-state index contributed by atoms with van der Waals surface area (Å²) in [7, 11) is 0. The van der Waals surface area contributed by atoms with Gasteiger partial charge in [0.25, 0.3) is 0 Å². The van der Waals surface area contributed by atoms with Gasteiger partial charge in [0.15, 0.2) is 23.7 Å². The summed E-state index contributed by atoms with van der Waals surface area (Å²) in [6.07, 6.45) is 0.714. The van der Waals surface area contributed by atoms with Crippen LogP contribution in [-0.2, 0) is 0 Å². The summed E-state index contributed by atoms with van der Waals surface area (Å²) in [5.41, 5.74) is -1.09. The minimum absolute atomic E-state index is 0.102. The molecule has 3 rings (SSSR count). The highest BCUT2D eigenvalue weighted by Crippen LogP contribution is 2.30. The Morgan fingerprint density at radius 1 is 0.810 bits per heavy atom. The van der Waals surface area contributed by atoms with Crippen LogP contribution in [0.2, 0.25) is 0 Å². The molecule has 0 amide bonds. The van der Waals surface area contributed by atoms with E-state index in [0.29, 0.717) is 12.6 Å². The van der Waals surface area contributed by atoms with E-state index in [-0.39, 0.29) is 44.6 Å². The fourth-order valence-corrected chi connectivity index (χ4v) is 2.23. The monoisotopic (exact) mass is 284 g/mol. The van der Waals surface area contributed by atoms with E-state index in [0.717, 1.165) is 0 Å². The van der Waals surface area contributed by atoms with E-state index in [1.807, 2.05) is 0 Å². The molecule has 1 heterocycles. The molecule has 6 nitrogen and oxygen atoms in total. The fraction of sp³-hybridized carbons (Fsp3) is 0. The van der Waals surface area contributed by atoms with E-state index >= 15 is 0 Å². The van der Waals surface area contributed by atoms with Crippen LogP contribution in [0, 0.1) is 0 Å². The van der Waals surface area contributed by atoms with Crippen molar-refractivity contribution in [1.29, 1.82) is 0 Å². The third-order valence-electron chi connectivity index (χ3n) is 3.28. The number of phenolic OH excluding ortho intramolecular Hbond substituents is 2. The zero-order valence-electron chi connectivity index (χ0n) is 10.5. The summed E-state index contributed by atoms with van der Waals surface area (Å²) in [6.45, 7) is 0. The van der Waals surface area contributed by atoms with Crippen molar-refractivity contribution in [2.45, 2.75) is 0 Å². The van der Waals surface area contributed by atoms with Crippen LogP contribution in [0.15, 0.2) is 33.5 Å². The van der Waals surface area contributed by atoms with E-state index in [2.05, 4.69) is 0 Å². The first kappa shape index (κ1) is 12.9. The predicted molar refractivity (Wildman–Crippen MR) is 74.1 cm³/mol. The van der Waals surface area contributed by atoms with Gasteiger partial charge in [-0.25, -0.2) is 0 Å². The van der Waals surface area contributed by atoms with Crippen molar-refractivity contribution in [3.05, 3.63) is 45.6 Å². The second kappa shape index (κ2) is 4.45. The Hall–Kier alpha value is -3.15. The number of benzene rings is 2. The van der Waals surface area contributed by atoms with Crippen molar-refractivity contribution in [1.82, 2.24) is 0 Å². The van der Waals surface area contributed by atoms with Gasteiger partial charge >= 0.3 is 0 Å². The average Bonchev–Trinajstić information content (AvgIpc) is 2.47. The summed E-state index contributed by atoms with van der Waals surface area (Å²) in [6, 6.07) is 5.10. The molecule has 0 aliphatic heterocycles. The van der Waals surface area contributed by atoms with Gasteiger partial charge in [0.05, 0.1) is 21.9 Å². The van der Waals surface area contributed by atoms with Gasteiger partial charge in [-0.2, -0.15) is 0 Å². The van der Waals surface area contributed by atoms with Crippen molar-refractivity contribution in [3.8, 4) is 11.5 Å². The van der Waals surface area contributed by atoms with E-state index in [9.17, 15) is 24.6 Å². The number of phenols is 2. The number of carbonyl (C=O) groups is 2. The van der Waals surface area contributed by atoms with Crippen LogP contribution in [-0.4, -0.2) is 22.8 Å². The SMILES string of the molecule is O=Cc1c(O)ccc2c(=O)c3ccc(O)c(C=O)c3oc12. The van der Waals surface area contributed by atoms with Crippen LogP contribution in [0.5, 0.6) is 11.5 Å². The second-order valence-corrected chi connectivity index (χ2v) is 4.42. The Kier molecular flexibility index (Phi) is 2.72. The van der Waals surface area contributed by atoms with Gasteiger partial charge in [-0.05, 0) is 24.3 Å². The lowest BCUT2D eigenvalue weighted by Gasteiger charge is -2.07. The smallest absolute Gasteiger partial charge is 0.200 e. The molecule has 0 aliphatic carbocycles. The third-order valence-corrected chi connectivity index (χ3v) is 3.28. The standard InChI is InChI=1S/C15H8O6/c16-5-9-11(18)3-1-7-13(20)8-2-4-12(19)10(6-17)15(8)21-14(7)9/h1-6,18-19H. The molecule has 0 unspecified atom stereocenters. The molecule has 0 aliphatic rings. The molecule has 0 spiro atoms. The van der Waals surface area contributed by atoms with Crippen LogP contribution in [0.3, 0.4) is 0 Å². The first-order valence-electron chi connectivity index (χ1n) is 5.93. The molecular weight excluding hydrogens is 276 g/mol. The number of rotatable bonds is 2. The Bertz CT molecular complexity index is 892. The van der Waals surface area contributed by atoms with Crippen LogP contribution < -0.4 is 5.43 Å². The topological polar surface area (TPSA) is 105 Å². The van der Waals surface area contributed by atoms with Gasteiger partial charge in [-0.3, -0.25) is 14.4 Å². The third kappa shape index (κ3) is 1.69. The second-order valence-electron chi connectivity index (χ2n) is 4.42. The zero-order valence-corrected chi connectivity index (χ0v) is 10.5. The predicted octanol–water partition coefficient (Wildman–Crippen LogP) is 1.98. The summed E-state index contributed by atoms with van der Waals surface area (Å²) in [5.74, 6) is -0.680. The maximum absolute atomic E-state index is 12.4. The lowest BCUT2D eigenvalue weighted by Crippen LogP contribution is -2.04. The minimum atomic E-state index is -0.461. The Labute approximate surface area is 116 Å². The van der Waals surface area contributed by atoms with Crippen LogP contribution in [0.25, 0.3) is 21.9 Å². The highest BCUT2D eigenvalue weighted by atomic mass is 16.3. The fourth-order valence-electron chi connectivity index (χ4n) is 2.23. The van der Waals surface area contributed by atoms with Crippen molar-refractivity contribution in [3.63, 3.8) is 0 Å². The van der Waals surface area contributed by atoms with Crippen molar-refractivity contribution in [2.24, 2.45) is 0 Å². The minimum Gasteiger partial charge on any atom is -0.507 e. The molecule has 2 aromatic carbocycles. The van der Waals surface area contributed by atoms with E-state index in [1.165, 1.54) is 24.3 Å². The first-order chi connectivity index (χ1) is 10.1. The Morgan fingerprint density at radius 2 is 1.24 bits per heavy atom. The van der Waals surface area contributed by atoms with Crippen LogP contribution in [0.4, 0.5) is 0 Å². The molecule has 6 heteroatoms. The highest BCUT2D eigenvalue weighted by molar-refractivity contribution is 6.04. The molecule has 104 valence electrons. The number of aldehydes is 2. The lowest BCUT2D eigenvalue weighted by atomic mass is 10.1. The number of carbonyl (C=O) groups excluding carboxylic acids is 2. The molecule has 0 radical (unpaired) electrons. The molecule has 0 saturated heterocycles. The van der Waals surface area contributed by atoms with Gasteiger partial charge in [-0.1, -0.05) is 0 Å². The van der Waals surface area contributed by atoms with Crippen LogP contribution >= 0.6 is 0 Å². The molecule has 21 heavy (non-hydrogen) atoms. The molecule has 0 bridgehead atoms. The maximum Gasteiger partial charge on any atom is 0.200 e. The summed E-state index contributed by atoms with van der Waals surface area (Å²) in [5, 5.41) is 19.5. The first-order valence-corrected chi connectivity index (χ1v) is 5.93. The Balaban J connectivity index is 2.66. The molecule has 2 N–H and O–H groups in total. The number of hydrogen-bond donors (Lipinski definition) is 2. The molecule has 3 aromatic rings. The lowest BCUT2D eigenvalue weighted by molar-refractivity contribution is 0.111. The molecular formula is C15H8O6. The quantitative estimate of drug-likeness (QED) is 0.550. The summed E-state index contributed by atoms with van der Waals surface area (Å²) in [4.78, 5) is 34.5. The van der Waals surface area contributed by atoms with Gasteiger partial charge in [0, 0.05) is 0 Å². The van der Waals surface area contributed by atoms with Gasteiger partial charge < -0.3 is 14.6 Å². The maximum atomic E-state index is 12.4.